The molecule has 0 aliphatic carbocycles. The van der Waals surface area contributed by atoms with Gasteiger partial charge in [-0.2, -0.15) is 0 Å². The molecular formula is C11H14BrN3O2. The fourth-order valence-electron chi connectivity index (χ4n) is 1.80. The molecule has 0 bridgehead atoms. The van der Waals surface area contributed by atoms with Gasteiger partial charge in [-0.05, 0) is 34.6 Å². The van der Waals surface area contributed by atoms with Crippen molar-refractivity contribution in [2.75, 3.05) is 20.1 Å². The summed E-state index contributed by atoms with van der Waals surface area (Å²) in [7, 11) is 2.04. The average Bonchev–Trinajstić information content (AvgIpc) is 2.17. The molecule has 1 N–H and O–H groups in total. The van der Waals surface area contributed by atoms with Crippen molar-refractivity contribution in [2.45, 2.75) is 12.6 Å². The van der Waals surface area contributed by atoms with Crippen molar-refractivity contribution < 1.29 is 4.92 Å². The zero-order valence-corrected chi connectivity index (χ0v) is 11.1. The molecule has 0 amide bonds. The van der Waals surface area contributed by atoms with E-state index >= 15 is 0 Å². The fourth-order valence-corrected chi connectivity index (χ4v) is 2.19. The number of likely N-dealkylation sites (N-methyl/N-ethyl adjacent to an activating group) is 1. The normalized spacial score (nSPS) is 15.9. The third kappa shape index (κ3) is 2.83. The minimum absolute atomic E-state index is 0.127. The molecule has 1 aliphatic rings. The van der Waals surface area contributed by atoms with Gasteiger partial charge < -0.3 is 5.32 Å². The van der Waals surface area contributed by atoms with Gasteiger partial charge in [0.2, 0.25) is 0 Å². The molecule has 6 heteroatoms. The van der Waals surface area contributed by atoms with Crippen LogP contribution in [0.4, 0.5) is 5.69 Å². The summed E-state index contributed by atoms with van der Waals surface area (Å²) in [6.07, 6.45) is 0. The van der Waals surface area contributed by atoms with Gasteiger partial charge in [-0.15, -0.1) is 0 Å². The van der Waals surface area contributed by atoms with Gasteiger partial charge in [0.15, 0.2) is 0 Å². The lowest BCUT2D eigenvalue weighted by Crippen LogP contribution is -2.55. The minimum Gasteiger partial charge on any atom is -0.314 e. The van der Waals surface area contributed by atoms with Crippen LogP contribution in [-0.2, 0) is 6.54 Å². The van der Waals surface area contributed by atoms with Crippen molar-refractivity contribution in [3.8, 4) is 0 Å². The quantitative estimate of drug-likeness (QED) is 0.680. The second-order valence-corrected chi connectivity index (χ2v) is 5.12. The molecule has 1 aliphatic heterocycles. The van der Waals surface area contributed by atoms with E-state index in [2.05, 4.69) is 26.1 Å². The predicted octanol–water partition coefficient (Wildman–Crippen LogP) is 1.76. The van der Waals surface area contributed by atoms with Crippen LogP contribution in [0.15, 0.2) is 22.7 Å². The molecule has 0 radical (unpaired) electrons. The summed E-state index contributed by atoms with van der Waals surface area (Å²) >= 11 is 3.19. The van der Waals surface area contributed by atoms with Crippen molar-refractivity contribution in [1.82, 2.24) is 10.2 Å². The van der Waals surface area contributed by atoms with Crippen LogP contribution in [0.3, 0.4) is 0 Å². The van der Waals surface area contributed by atoms with Gasteiger partial charge in [0.25, 0.3) is 5.69 Å². The van der Waals surface area contributed by atoms with Crippen molar-refractivity contribution >= 4 is 21.6 Å². The summed E-state index contributed by atoms with van der Waals surface area (Å²) in [4.78, 5) is 12.7. The standard InChI is InChI=1S/C11H14BrN3O2/c1-14(9-5-13-6-9)7-8-2-3-10(12)11(4-8)15(16)17/h2-4,9,13H,5-7H2,1H3. The number of hydrogen-bond donors (Lipinski definition) is 1. The molecule has 1 aromatic rings. The Balaban J connectivity index is 2.10. The van der Waals surface area contributed by atoms with E-state index in [1.54, 1.807) is 12.1 Å². The molecule has 0 atom stereocenters. The Hall–Kier alpha value is -0.980. The van der Waals surface area contributed by atoms with E-state index in [0.717, 1.165) is 25.2 Å². The number of nitrogens with one attached hydrogen (secondary N) is 1. The van der Waals surface area contributed by atoms with Crippen molar-refractivity contribution in [1.29, 1.82) is 0 Å². The molecule has 0 aromatic heterocycles. The second kappa shape index (κ2) is 5.12. The fraction of sp³-hybridized carbons (Fsp3) is 0.455. The monoisotopic (exact) mass is 299 g/mol. The Labute approximate surface area is 108 Å². The smallest absolute Gasteiger partial charge is 0.283 e. The van der Waals surface area contributed by atoms with Crippen LogP contribution in [0.2, 0.25) is 0 Å². The summed E-state index contributed by atoms with van der Waals surface area (Å²) in [5.41, 5.74) is 1.09. The molecule has 92 valence electrons. The average molecular weight is 300 g/mol. The third-order valence-corrected chi connectivity index (χ3v) is 3.69. The van der Waals surface area contributed by atoms with E-state index in [4.69, 9.17) is 0 Å². The summed E-state index contributed by atoms with van der Waals surface area (Å²) in [6.45, 7) is 2.73. The van der Waals surface area contributed by atoms with Crippen LogP contribution in [0.5, 0.6) is 0 Å². The van der Waals surface area contributed by atoms with E-state index in [1.807, 2.05) is 13.1 Å². The molecule has 0 saturated carbocycles. The van der Waals surface area contributed by atoms with Crippen LogP contribution in [0.1, 0.15) is 5.56 Å². The number of nitro benzene ring substituents is 1. The number of nitro groups is 1. The first-order valence-electron chi connectivity index (χ1n) is 5.41. The van der Waals surface area contributed by atoms with Gasteiger partial charge in [0, 0.05) is 31.7 Å². The molecular weight excluding hydrogens is 286 g/mol. The molecule has 0 unspecified atom stereocenters. The lowest BCUT2D eigenvalue weighted by atomic mass is 10.1. The van der Waals surface area contributed by atoms with Gasteiger partial charge in [0.1, 0.15) is 0 Å². The predicted molar refractivity (Wildman–Crippen MR) is 68.9 cm³/mol. The topological polar surface area (TPSA) is 58.4 Å². The lowest BCUT2D eigenvalue weighted by molar-refractivity contribution is -0.385. The Kier molecular flexibility index (Phi) is 3.76. The Morgan fingerprint density at radius 3 is 2.82 bits per heavy atom. The molecule has 5 nitrogen and oxygen atoms in total. The number of benzene rings is 1. The molecule has 17 heavy (non-hydrogen) atoms. The van der Waals surface area contributed by atoms with E-state index in [-0.39, 0.29) is 10.6 Å². The Bertz CT molecular complexity index is 435. The first kappa shape index (κ1) is 12.5. The van der Waals surface area contributed by atoms with Gasteiger partial charge in [0.05, 0.1) is 9.40 Å². The van der Waals surface area contributed by atoms with Gasteiger partial charge in [-0.1, -0.05) is 6.07 Å². The second-order valence-electron chi connectivity index (χ2n) is 4.27. The summed E-state index contributed by atoms with van der Waals surface area (Å²) in [5, 5.41) is 14.0. The third-order valence-electron chi connectivity index (χ3n) is 3.02. The van der Waals surface area contributed by atoms with Crippen molar-refractivity contribution in [3.05, 3.63) is 38.3 Å². The minimum atomic E-state index is -0.363. The number of halogens is 1. The van der Waals surface area contributed by atoms with Crippen LogP contribution < -0.4 is 5.32 Å². The zero-order chi connectivity index (χ0) is 12.4. The van der Waals surface area contributed by atoms with Crippen LogP contribution in [0.25, 0.3) is 0 Å². The van der Waals surface area contributed by atoms with Crippen LogP contribution in [0, 0.1) is 10.1 Å². The maximum absolute atomic E-state index is 10.8. The van der Waals surface area contributed by atoms with Crippen molar-refractivity contribution in [2.24, 2.45) is 0 Å². The Morgan fingerprint density at radius 1 is 1.59 bits per heavy atom. The highest BCUT2D eigenvalue weighted by Gasteiger charge is 2.22. The van der Waals surface area contributed by atoms with Crippen LogP contribution >= 0.6 is 15.9 Å². The molecule has 2 rings (SSSR count). The maximum atomic E-state index is 10.8. The van der Waals surface area contributed by atoms with E-state index in [1.165, 1.54) is 0 Å². The molecule has 0 spiro atoms. The SMILES string of the molecule is CN(Cc1ccc(Br)c([N+](=O)[O-])c1)C1CNC1. The van der Waals surface area contributed by atoms with Gasteiger partial charge in [-0.25, -0.2) is 0 Å². The first-order chi connectivity index (χ1) is 8.08. The van der Waals surface area contributed by atoms with Crippen molar-refractivity contribution in [3.63, 3.8) is 0 Å². The van der Waals surface area contributed by atoms with Gasteiger partial charge in [-0.3, -0.25) is 15.0 Å². The summed E-state index contributed by atoms with van der Waals surface area (Å²) < 4.78 is 0.527. The highest BCUT2D eigenvalue weighted by Crippen LogP contribution is 2.26. The number of rotatable bonds is 4. The van der Waals surface area contributed by atoms with E-state index in [0.29, 0.717) is 10.5 Å². The molecule has 1 fully saturated rings. The highest BCUT2D eigenvalue weighted by atomic mass is 79.9. The van der Waals surface area contributed by atoms with E-state index < -0.39 is 0 Å². The summed E-state index contributed by atoms with van der Waals surface area (Å²) in [5.74, 6) is 0. The lowest BCUT2D eigenvalue weighted by Gasteiger charge is -2.35. The molecule has 1 saturated heterocycles. The Morgan fingerprint density at radius 2 is 2.29 bits per heavy atom. The van der Waals surface area contributed by atoms with Crippen LogP contribution in [-0.4, -0.2) is 36.0 Å². The largest absolute Gasteiger partial charge is 0.314 e. The number of hydrogen-bond acceptors (Lipinski definition) is 4. The maximum Gasteiger partial charge on any atom is 0.283 e. The van der Waals surface area contributed by atoms with E-state index in [9.17, 15) is 10.1 Å². The first-order valence-corrected chi connectivity index (χ1v) is 6.21. The number of nitrogens with zero attached hydrogens (tertiary/aromatic N) is 2. The highest BCUT2D eigenvalue weighted by molar-refractivity contribution is 9.10. The van der Waals surface area contributed by atoms with Gasteiger partial charge >= 0.3 is 0 Å². The summed E-state index contributed by atoms with van der Waals surface area (Å²) in [6, 6.07) is 5.82. The molecule has 1 heterocycles. The zero-order valence-electron chi connectivity index (χ0n) is 9.52. The molecule has 1 aromatic carbocycles.